The Morgan fingerprint density at radius 2 is 1.06 bits per heavy atom. The molecule has 2 aromatic carbocycles. The fraction of sp³-hybridized carbons (Fsp3) is 0.500. The number of nitrogens with zero attached hydrogens (tertiary/aromatic N) is 4. The van der Waals surface area contributed by atoms with Gasteiger partial charge in [-0.15, -0.1) is 0 Å². The Morgan fingerprint density at radius 1 is 0.685 bits per heavy atom. The molecular weight excluding hydrogens is 712 g/mol. The number of hydrogen-bond acceptors (Lipinski definition) is 16. The minimum Gasteiger partial charge on any atom is -0.469 e. The molecule has 0 aliphatic carbocycles. The van der Waals surface area contributed by atoms with Gasteiger partial charge in [0.25, 0.3) is 0 Å². The third kappa shape index (κ3) is 9.48. The minimum absolute atomic E-state index is 0.00436. The van der Waals surface area contributed by atoms with E-state index >= 15 is 0 Å². The van der Waals surface area contributed by atoms with Crippen LogP contribution < -0.4 is 19.6 Å². The number of aliphatic hydroxyl groups is 2. The molecule has 0 radical (unpaired) electrons. The molecule has 4 rings (SSSR count). The molecule has 0 spiro atoms. The quantitative estimate of drug-likeness (QED) is 0.250. The van der Waals surface area contributed by atoms with E-state index in [2.05, 4.69) is 0 Å². The average Bonchev–Trinajstić information content (AvgIpc) is 3.72. The predicted octanol–water partition coefficient (Wildman–Crippen LogP) is 2.64. The molecule has 4 unspecified atom stereocenters. The molecule has 2 aliphatic rings. The van der Waals surface area contributed by atoms with Gasteiger partial charge >= 0.3 is 36.1 Å². The SMILES string of the molecule is CCN(C)C(=O)Oc1cccc2c1C(CCC(=O)OC)CN2OC(=O)C(O)C(O)C(=O)ON1CC(CCC(=O)OC)c2c(OC(=O)N(C)CC)cccc21. The molecule has 18 heteroatoms. The number of ether oxygens (including phenoxy) is 4. The number of amides is 2. The van der Waals surface area contributed by atoms with Gasteiger partial charge in [-0.1, -0.05) is 12.1 Å². The Hall–Kier alpha value is -5.62. The van der Waals surface area contributed by atoms with Crippen LogP contribution in [0.1, 0.15) is 62.5 Å². The summed E-state index contributed by atoms with van der Waals surface area (Å²) in [6.45, 7) is 4.23. The maximum Gasteiger partial charge on any atom is 0.414 e. The van der Waals surface area contributed by atoms with Gasteiger partial charge in [0, 0.05) is 63.0 Å². The summed E-state index contributed by atoms with van der Waals surface area (Å²) in [6.07, 6.45) is -5.67. The monoisotopic (exact) mass is 758 g/mol. The normalized spacial score (nSPS) is 16.7. The van der Waals surface area contributed by atoms with Crippen molar-refractivity contribution in [2.24, 2.45) is 0 Å². The lowest BCUT2D eigenvalue weighted by Gasteiger charge is -2.24. The van der Waals surface area contributed by atoms with Crippen LogP contribution in [-0.2, 0) is 38.3 Å². The minimum atomic E-state index is -2.41. The first kappa shape index (κ1) is 41.1. The Labute approximate surface area is 311 Å². The summed E-state index contributed by atoms with van der Waals surface area (Å²) in [5.41, 5.74) is 1.50. The van der Waals surface area contributed by atoms with E-state index in [1.165, 1.54) is 24.0 Å². The maximum absolute atomic E-state index is 13.2. The molecule has 0 saturated carbocycles. The highest BCUT2D eigenvalue weighted by Crippen LogP contribution is 2.46. The third-order valence-corrected chi connectivity index (χ3v) is 9.21. The highest BCUT2D eigenvalue weighted by molar-refractivity contribution is 5.87. The highest BCUT2D eigenvalue weighted by atomic mass is 16.7. The second-order valence-corrected chi connectivity index (χ2v) is 12.6. The van der Waals surface area contributed by atoms with Gasteiger partial charge in [-0.05, 0) is 51.0 Å². The summed E-state index contributed by atoms with van der Waals surface area (Å²) in [6, 6.07) is 9.37. The number of anilines is 2. The third-order valence-electron chi connectivity index (χ3n) is 9.21. The van der Waals surface area contributed by atoms with Crippen LogP contribution >= 0.6 is 0 Å². The molecule has 2 heterocycles. The molecule has 54 heavy (non-hydrogen) atoms. The van der Waals surface area contributed by atoms with Gasteiger partial charge in [0.15, 0.2) is 12.2 Å². The van der Waals surface area contributed by atoms with Gasteiger partial charge in [-0.3, -0.25) is 9.59 Å². The smallest absolute Gasteiger partial charge is 0.414 e. The van der Waals surface area contributed by atoms with E-state index in [4.69, 9.17) is 28.6 Å². The number of rotatable bonds is 15. The largest absolute Gasteiger partial charge is 0.469 e. The molecular formula is C36H46N4O14. The van der Waals surface area contributed by atoms with E-state index < -0.39 is 60.1 Å². The Balaban J connectivity index is 1.50. The summed E-state index contributed by atoms with van der Waals surface area (Å²) >= 11 is 0. The lowest BCUT2D eigenvalue weighted by Crippen LogP contribution is -2.45. The van der Waals surface area contributed by atoms with E-state index in [-0.39, 0.29) is 50.3 Å². The highest BCUT2D eigenvalue weighted by Gasteiger charge is 2.41. The van der Waals surface area contributed by atoms with Crippen molar-refractivity contribution < 1.29 is 67.6 Å². The molecule has 2 aromatic rings. The van der Waals surface area contributed by atoms with E-state index in [1.807, 2.05) is 0 Å². The van der Waals surface area contributed by atoms with Gasteiger partial charge in [0.05, 0.1) is 38.7 Å². The molecule has 2 N–H and O–H groups in total. The van der Waals surface area contributed by atoms with E-state index in [0.717, 1.165) is 10.1 Å². The van der Waals surface area contributed by atoms with Crippen molar-refractivity contribution in [1.82, 2.24) is 9.80 Å². The van der Waals surface area contributed by atoms with Crippen LogP contribution in [-0.4, -0.2) is 123 Å². The summed E-state index contributed by atoms with van der Waals surface area (Å²) in [4.78, 5) is 89.2. The van der Waals surface area contributed by atoms with Gasteiger partial charge in [-0.2, -0.15) is 0 Å². The fourth-order valence-corrected chi connectivity index (χ4v) is 5.90. The van der Waals surface area contributed by atoms with Crippen molar-refractivity contribution in [3.8, 4) is 11.5 Å². The summed E-state index contributed by atoms with van der Waals surface area (Å²) in [5, 5.41) is 23.8. The predicted molar refractivity (Wildman–Crippen MR) is 188 cm³/mol. The first-order chi connectivity index (χ1) is 25.7. The molecule has 0 fully saturated rings. The van der Waals surface area contributed by atoms with Crippen LogP contribution in [0.4, 0.5) is 21.0 Å². The lowest BCUT2D eigenvalue weighted by atomic mass is 9.95. The molecule has 4 atom stereocenters. The number of hydrogen-bond donors (Lipinski definition) is 2. The number of esters is 2. The van der Waals surface area contributed by atoms with E-state index in [9.17, 15) is 39.0 Å². The molecule has 18 nitrogen and oxygen atoms in total. The zero-order chi connectivity index (χ0) is 39.7. The van der Waals surface area contributed by atoms with E-state index in [0.29, 0.717) is 35.6 Å². The summed E-state index contributed by atoms with van der Waals surface area (Å²) < 4.78 is 20.8. The van der Waals surface area contributed by atoms with Crippen LogP contribution in [0.2, 0.25) is 0 Å². The summed E-state index contributed by atoms with van der Waals surface area (Å²) in [5.74, 6) is -4.43. The van der Waals surface area contributed by atoms with Crippen LogP contribution in [0.25, 0.3) is 0 Å². The number of carbonyl (C=O) groups excluding carboxylic acids is 6. The standard InChI is InChI=1S/C36H46N4O14/c1-7-37(3)35(47)51-25-13-9-11-23-29(25)21(15-17-27(41)49-5)19-39(23)53-33(45)31(43)32(44)34(46)54-40-20-22(16-18-28(42)50-6)30-24(40)12-10-14-26(30)52-36(48)38(4)8-2/h9-14,21-22,31-32,43-44H,7-8,15-20H2,1-6H3. The van der Waals surface area contributed by atoms with Gasteiger partial charge in [-0.25, -0.2) is 29.3 Å². The molecule has 2 amide bonds. The van der Waals surface area contributed by atoms with Gasteiger partial charge in [0.1, 0.15) is 11.5 Å². The van der Waals surface area contributed by atoms with Crippen LogP contribution in [0.15, 0.2) is 36.4 Å². The van der Waals surface area contributed by atoms with Crippen LogP contribution in [0.3, 0.4) is 0 Å². The lowest BCUT2D eigenvalue weighted by molar-refractivity contribution is -0.174. The van der Waals surface area contributed by atoms with Crippen molar-refractivity contribution in [2.45, 2.75) is 63.6 Å². The van der Waals surface area contributed by atoms with Gasteiger partial charge < -0.3 is 48.6 Å². The van der Waals surface area contributed by atoms with Crippen molar-refractivity contribution in [1.29, 1.82) is 0 Å². The fourth-order valence-electron chi connectivity index (χ4n) is 5.90. The van der Waals surface area contributed by atoms with Crippen molar-refractivity contribution in [2.75, 3.05) is 64.6 Å². The number of fused-ring (bicyclic) bond motifs is 2. The topological polar surface area (TPSA) is 211 Å². The molecule has 294 valence electrons. The van der Waals surface area contributed by atoms with Crippen LogP contribution in [0.5, 0.6) is 11.5 Å². The zero-order valence-electron chi connectivity index (χ0n) is 31.0. The number of carbonyl (C=O) groups is 6. The summed E-state index contributed by atoms with van der Waals surface area (Å²) in [7, 11) is 5.61. The Kier molecular flexibility index (Phi) is 14.0. The molecule has 2 aliphatic heterocycles. The molecule has 0 aromatic heterocycles. The van der Waals surface area contributed by atoms with Crippen LogP contribution in [0, 0.1) is 0 Å². The number of methoxy groups -OCH3 is 2. The van der Waals surface area contributed by atoms with Crippen molar-refractivity contribution >= 4 is 47.4 Å². The van der Waals surface area contributed by atoms with Crippen molar-refractivity contribution in [3.05, 3.63) is 47.5 Å². The second-order valence-electron chi connectivity index (χ2n) is 12.6. The Morgan fingerprint density at radius 3 is 1.39 bits per heavy atom. The average molecular weight is 759 g/mol. The number of aliphatic hydroxyl groups excluding tert-OH is 2. The van der Waals surface area contributed by atoms with Gasteiger partial charge in [0.2, 0.25) is 0 Å². The first-order valence-electron chi connectivity index (χ1n) is 17.3. The second kappa shape index (κ2) is 18.4. The maximum atomic E-state index is 13.2. The number of benzene rings is 2. The molecule has 0 saturated heterocycles. The zero-order valence-corrected chi connectivity index (χ0v) is 31.0. The van der Waals surface area contributed by atoms with Crippen molar-refractivity contribution in [3.63, 3.8) is 0 Å². The first-order valence-corrected chi connectivity index (χ1v) is 17.3. The van der Waals surface area contributed by atoms with E-state index in [1.54, 1.807) is 64.3 Å². The molecule has 0 bridgehead atoms. The number of hydroxylamine groups is 2. The Bertz CT molecular complexity index is 1600.